The Kier molecular flexibility index (Phi) is 4.72. The molecule has 7 heteroatoms. The number of benzene rings is 1. The van der Waals surface area contributed by atoms with Crippen LogP contribution in [0.2, 0.25) is 0 Å². The van der Waals surface area contributed by atoms with Crippen LogP contribution in [0.15, 0.2) is 29.4 Å². The van der Waals surface area contributed by atoms with E-state index in [0.717, 1.165) is 28.6 Å². The van der Waals surface area contributed by atoms with Crippen molar-refractivity contribution in [3.63, 3.8) is 0 Å². The molecule has 1 saturated carbocycles. The lowest BCUT2D eigenvalue weighted by atomic mass is 10.2. The number of rotatable bonds is 8. The molecule has 2 N–H and O–H groups in total. The van der Waals surface area contributed by atoms with Crippen LogP contribution >= 0.6 is 11.8 Å². The van der Waals surface area contributed by atoms with E-state index in [1.54, 1.807) is 11.8 Å². The van der Waals surface area contributed by atoms with Crippen molar-refractivity contribution >= 4 is 11.8 Å². The lowest BCUT2D eigenvalue weighted by Crippen LogP contribution is -2.02. The van der Waals surface area contributed by atoms with Crippen molar-refractivity contribution in [1.82, 2.24) is 20.2 Å². The summed E-state index contributed by atoms with van der Waals surface area (Å²) >= 11 is 1.69. The molecule has 0 saturated heterocycles. The molecule has 0 bridgehead atoms. The van der Waals surface area contributed by atoms with Crippen LogP contribution < -0.4 is 10.5 Å². The van der Waals surface area contributed by atoms with Crippen LogP contribution in [0.25, 0.3) is 0 Å². The molecule has 6 nitrogen and oxygen atoms in total. The minimum Gasteiger partial charge on any atom is -0.494 e. The third-order valence-electron chi connectivity index (χ3n) is 3.28. The number of hydrogen-bond donors (Lipinski definition) is 1. The fraction of sp³-hybridized carbons (Fsp3) is 0.500. The highest BCUT2D eigenvalue weighted by atomic mass is 32.2. The van der Waals surface area contributed by atoms with E-state index in [9.17, 15) is 0 Å². The molecular weight excluding hydrogens is 286 g/mol. The van der Waals surface area contributed by atoms with Gasteiger partial charge in [0.15, 0.2) is 0 Å². The van der Waals surface area contributed by atoms with Crippen molar-refractivity contribution in [3.8, 4) is 5.75 Å². The molecule has 112 valence electrons. The molecule has 3 rings (SSSR count). The molecule has 0 unspecified atom stereocenters. The summed E-state index contributed by atoms with van der Waals surface area (Å²) in [5.41, 5.74) is 6.70. The maximum atomic E-state index is 5.73. The van der Waals surface area contributed by atoms with Crippen molar-refractivity contribution in [3.05, 3.63) is 29.8 Å². The third-order valence-corrected chi connectivity index (χ3v) is 4.30. The van der Waals surface area contributed by atoms with Crippen LogP contribution in [-0.4, -0.2) is 32.6 Å². The maximum Gasteiger partial charge on any atom is 0.209 e. The van der Waals surface area contributed by atoms with Crippen molar-refractivity contribution < 1.29 is 4.74 Å². The molecule has 2 aromatic rings. The van der Waals surface area contributed by atoms with Crippen molar-refractivity contribution in [1.29, 1.82) is 0 Å². The standard InChI is InChI=1S/C14H19N5OS/c15-10-11-3-1-4-13(9-11)20-7-2-8-21-14-16-17-18-19(14)12-5-6-12/h1,3-4,9,12H,2,5-8,10,15H2. The van der Waals surface area contributed by atoms with Crippen LogP contribution in [0.1, 0.15) is 30.9 Å². The fourth-order valence-corrected chi connectivity index (χ4v) is 2.86. The summed E-state index contributed by atoms with van der Waals surface area (Å²) in [6, 6.07) is 8.44. The average Bonchev–Trinajstić information content (AvgIpc) is 3.26. The Balaban J connectivity index is 1.39. The molecule has 1 fully saturated rings. The van der Waals surface area contributed by atoms with E-state index in [-0.39, 0.29) is 0 Å². The molecular formula is C14H19N5OS. The lowest BCUT2D eigenvalue weighted by molar-refractivity contribution is 0.318. The highest BCUT2D eigenvalue weighted by molar-refractivity contribution is 7.99. The summed E-state index contributed by atoms with van der Waals surface area (Å²) in [7, 11) is 0. The normalized spacial score (nSPS) is 14.3. The molecule has 1 aliphatic rings. The second-order valence-corrected chi connectivity index (χ2v) is 6.10. The first-order valence-electron chi connectivity index (χ1n) is 7.19. The predicted molar refractivity (Wildman–Crippen MR) is 81.3 cm³/mol. The van der Waals surface area contributed by atoms with E-state index < -0.39 is 0 Å². The summed E-state index contributed by atoms with van der Waals surface area (Å²) in [4.78, 5) is 0. The zero-order valence-electron chi connectivity index (χ0n) is 11.8. The Morgan fingerprint density at radius 3 is 3.10 bits per heavy atom. The monoisotopic (exact) mass is 305 g/mol. The molecule has 21 heavy (non-hydrogen) atoms. The molecule has 0 radical (unpaired) electrons. The van der Waals surface area contributed by atoms with E-state index in [1.165, 1.54) is 12.8 Å². The minimum absolute atomic E-state index is 0.526. The Morgan fingerprint density at radius 2 is 2.29 bits per heavy atom. The molecule has 0 amide bonds. The second-order valence-electron chi connectivity index (χ2n) is 5.04. The van der Waals surface area contributed by atoms with Crippen LogP contribution in [0.4, 0.5) is 0 Å². The Labute approximate surface area is 128 Å². The van der Waals surface area contributed by atoms with Gasteiger partial charge in [-0.05, 0) is 47.4 Å². The van der Waals surface area contributed by atoms with E-state index >= 15 is 0 Å². The van der Waals surface area contributed by atoms with Crippen LogP contribution in [-0.2, 0) is 6.54 Å². The quantitative estimate of drug-likeness (QED) is 0.594. The molecule has 0 aliphatic heterocycles. The smallest absolute Gasteiger partial charge is 0.209 e. The predicted octanol–water partition coefficient (Wildman–Crippen LogP) is 2.03. The first kappa shape index (κ1) is 14.3. The lowest BCUT2D eigenvalue weighted by Gasteiger charge is -2.07. The number of tetrazole rings is 1. The van der Waals surface area contributed by atoms with Gasteiger partial charge in [0.25, 0.3) is 0 Å². The first-order valence-corrected chi connectivity index (χ1v) is 8.18. The van der Waals surface area contributed by atoms with E-state index in [1.807, 2.05) is 28.9 Å². The van der Waals surface area contributed by atoms with Gasteiger partial charge in [-0.3, -0.25) is 0 Å². The van der Waals surface area contributed by atoms with Gasteiger partial charge in [-0.1, -0.05) is 23.9 Å². The fourth-order valence-electron chi connectivity index (χ4n) is 2.00. The summed E-state index contributed by atoms with van der Waals surface area (Å²) < 4.78 is 7.67. The van der Waals surface area contributed by atoms with E-state index in [4.69, 9.17) is 10.5 Å². The van der Waals surface area contributed by atoms with Crippen LogP contribution in [0.5, 0.6) is 5.75 Å². The molecule has 1 aromatic heterocycles. The number of ether oxygens (including phenoxy) is 1. The van der Waals surface area contributed by atoms with Gasteiger partial charge in [0, 0.05) is 12.3 Å². The largest absolute Gasteiger partial charge is 0.494 e. The Hall–Kier alpha value is -1.60. The molecule has 0 spiro atoms. The number of aromatic nitrogens is 4. The molecule has 1 aliphatic carbocycles. The number of thioether (sulfide) groups is 1. The zero-order chi connectivity index (χ0) is 14.5. The molecule has 1 heterocycles. The third kappa shape index (κ3) is 3.95. The zero-order valence-corrected chi connectivity index (χ0v) is 12.6. The SMILES string of the molecule is NCc1cccc(OCCCSc2nnnn2C2CC2)c1. The first-order chi connectivity index (χ1) is 10.4. The summed E-state index contributed by atoms with van der Waals surface area (Å²) in [6.07, 6.45) is 3.34. The number of nitrogens with zero attached hydrogens (tertiary/aromatic N) is 4. The maximum absolute atomic E-state index is 5.73. The molecule has 0 atom stereocenters. The highest BCUT2D eigenvalue weighted by Gasteiger charge is 2.27. The van der Waals surface area contributed by atoms with Crippen molar-refractivity contribution in [2.45, 2.75) is 37.0 Å². The van der Waals surface area contributed by atoms with Gasteiger partial charge in [-0.15, -0.1) is 5.10 Å². The van der Waals surface area contributed by atoms with Gasteiger partial charge in [-0.2, -0.15) is 0 Å². The summed E-state index contributed by atoms with van der Waals surface area (Å²) in [5.74, 6) is 1.83. The molecule has 1 aromatic carbocycles. The highest BCUT2D eigenvalue weighted by Crippen LogP contribution is 2.36. The average molecular weight is 305 g/mol. The van der Waals surface area contributed by atoms with Gasteiger partial charge < -0.3 is 10.5 Å². The summed E-state index contributed by atoms with van der Waals surface area (Å²) in [5, 5.41) is 12.8. The van der Waals surface area contributed by atoms with Gasteiger partial charge >= 0.3 is 0 Å². The number of nitrogens with two attached hydrogens (primary N) is 1. The second kappa shape index (κ2) is 6.91. The summed E-state index contributed by atoms with van der Waals surface area (Å²) in [6.45, 7) is 1.23. The topological polar surface area (TPSA) is 78.8 Å². The van der Waals surface area contributed by atoms with E-state index in [2.05, 4.69) is 15.5 Å². The number of hydrogen-bond acceptors (Lipinski definition) is 6. The van der Waals surface area contributed by atoms with E-state index in [0.29, 0.717) is 19.2 Å². The van der Waals surface area contributed by atoms with Gasteiger partial charge in [0.1, 0.15) is 5.75 Å². The van der Waals surface area contributed by atoms with Gasteiger partial charge in [0.2, 0.25) is 5.16 Å². The van der Waals surface area contributed by atoms with Gasteiger partial charge in [0.05, 0.1) is 12.6 Å². The Morgan fingerprint density at radius 1 is 1.38 bits per heavy atom. The van der Waals surface area contributed by atoms with Crippen molar-refractivity contribution in [2.24, 2.45) is 5.73 Å². The van der Waals surface area contributed by atoms with Crippen LogP contribution in [0.3, 0.4) is 0 Å². The Bertz CT molecular complexity index is 584. The van der Waals surface area contributed by atoms with Gasteiger partial charge in [-0.25, -0.2) is 4.68 Å². The van der Waals surface area contributed by atoms with Crippen LogP contribution in [0, 0.1) is 0 Å². The van der Waals surface area contributed by atoms with Crippen molar-refractivity contribution in [2.75, 3.05) is 12.4 Å². The minimum atomic E-state index is 0.526.